The molecule has 2 aromatic rings. The Morgan fingerprint density at radius 1 is 1.07 bits per heavy atom. The topological polar surface area (TPSA) is 66.8 Å². The first-order chi connectivity index (χ1) is 13.9. The number of benzene rings is 2. The van der Waals surface area contributed by atoms with Crippen molar-refractivity contribution in [1.82, 2.24) is 4.90 Å². The number of likely N-dealkylation sites (tertiary alicyclic amines) is 1. The summed E-state index contributed by atoms with van der Waals surface area (Å²) in [7, 11) is 1.59. The molecular formula is C24H27NO4. The Balaban J connectivity index is 2.15. The van der Waals surface area contributed by atoms with Crippen LogP contribution in [0.15, 0.2) is 48.0 Å². The lowest BCUT2D eigenvalue weighted by Gasteiger charge is -2.25. The normalized spacial score (nSPS) is 18.3. The van der Waals surface area contributed by atoms with Crippen LogP contribution in [0.1, 0.15) is 48.1 Å². The van der Waals surface area contributed by atoms with Crippen LogP contribution in [0, 0.1) is 13.8 Å². The number of hydrogen-bond acceptors (Lipinski definition) is 4. The third-order valence-electron chi connectivity index (χ3n) is 5.50. The van der Waals surface area contributed by atoms with Gasteiger partial charge in [-0.15, -0.1) is 0 Å². The van der Waals surface area contributed by atoms with Crippen molar-refractivity contribution < 1.29 is 19.4 Å². The van der Waals surface area contributed by atoms with Crippen LogP contribution in [0.3, 0.4) is 0 Å². The number of aryl methyl sites for hydroxylation is 2. The first kappa shape index (κ1) is 20.6. The molecule has 0 bridgehead atoms. The molecule has 1 fully saturated rings. The van der Waals surface area contributed by atoms with E-state index in [2.05, 4.69) is 0 Å². The summed E-state index contributed by atoms with van der Waals surface area (Å²) in [6, 6.07) is 12.2. The Kier molecular flexibility index (Phi) is 6.06. The summed E-state index contributed by atoms with van der Waals surface area (Å²) in [5.74, 6) is -0.651. The molecule has 152 valence electrons. The van der Waals surface area contributed by atoms with Crippen molar-refractivity contribution in [2.75, 3.05) is 13.7 Å². The monoisotopic (exact) mass is 393 g/mol. The van der Waals surface area contributed by atoms with Crippen LogP contribution in [0.4, 0.5) is 0 Å². The smallest absolute Gasteiger partial charge is 0.295 e. The van der Waals surface area contributed by atoms with Crippen LogP contribution in [0.25, 0.3) is 5.76 Å². The third kappa shape index (κ3) is 3.90. The Hall–Kier alpha value is -3.08. The summed E-state index contributed by atoms with van der Waals surface area (Å²) >= 11 is 0. The SMILES string of the molecule is CCCCN1C(=O)C(=O)/C(=C(\O)c2ccc(C)c(C)c2)C1c1ccc(OC)cc1. The van der Waals surface area contributed by atoms with E-state index >= 15 is 0 Å². The van der Waals surface area contributed by atoms with Gasteiger partial charge in [0.15, 0.2) is 0 Å². The molecule has 1 aliphatic heterocycles. The van der Waals surface area contributed by atoms with Gasteiger partial charge in [-0.25, -0.2) is 0 Å². The minimum Gasteiger partial charge on any atom is -0.507 e. The summed E-state index contributed by atoms with van der Waals surface area (Å²) in [4.78, 5) is 27.3. The summed E-state index contributed by atoms with van der Waals surface area (Å²) in [6.45, 7) is 6.43. The Labute approximate surface area is 171 Å². The average Bonchev–Trinajstić information content (AvgIpc) is 2.98. The quantitative estimate of drug-likeness (QED) is 0.445. The number of nitrogens with zero attached hydrogens (tertiary/aromatic N) is 1. The number of methoxy groups -OCH3 is 1. The summed E-state index contributed by atoms with van der Waals surface area (Å²) in [5, 5.41) is 11.1. The first-order valence-electron chi connectivity index (χ1n) is 9.89. The van der Waals surface area contributed by atoms with Crippen molar-refractivity contribution in [3.05, 3.63) is 70.3 Å². The molecule has 1 amide bonds. The molecule has 0 aromatic heterocycles. The number of rotatable bonds is 6. The third-order valence-corrected chi connectivity index (χ3v) is 5.50. The van der Waals surface area contributed by atoms with Crippen LogP contribution in [-0.2, 0) is 9.59 Å². The lowest BCUT2D eigenvalue weighted by Crippen LogP contribution is -2.30. The second kappa shape index (κ2) is 8.52. The molecule has 1 unspecified atom stereocenters. The van der Waals surface area contributed by atoms with Gasteiger partial charge in [0.05, 0.1) is 18.7 Å². The van der Waals surface area contributed by atoms with Gasteiger partial charge >= 0.3 is 0 Å². The van der Waals surface area contributed by atoms with Gasteiger partial charge in [-0.1, -0.05) is 37.6 Å². The molecule has 1 atom stereocenters. The maximum absolute atomic E-state index is 12.9. The van der Waals surface area contributed by atoms with Crippen molar-refractivity contribution in [2.24, 2.45) is 0 Å². The number of hydrogen-bond donors (Lipinski definition) is 1. The van der Waals surface area contributed by atoms with Crippen LogP contribution in [0.2, 0.25) is 0 Å². The number of amides is 1. The van der Waals surface area contributed by atoms with Gasteiger partial charge in [0.2, 0.25) is 0 Å². The van der Waals surface area contributed by atoms with Gasteiger partial charge < -0.3 is 14.7 Å². The molecule has 29 heavy (non-hydrogen) atoms. The van der Waals surface area contributed by atoms with Gasteiger partial charge in [0.25, 0.3) is 11.7 Å². The highest BCUT2D eigenvalue weighted by molar-refractivity contribution is 6.46. The van der Waals surface area contributed by atoms with E-state index in [-0.39, 0.29) is 11.3 Å². The van der Waals surface area contributed by atoms with E-state index in [1.807, 2.05) is 45.0 Å². The number of carbonyl (C=O) groups is 2. The summed E-state index contributed by atoms with van der Waals surface area (Å²) < 4.78 is 5.22. The number of carbonyl (C=O) groups excluding carboxylic acids is 2. The fraction of sp³-hybridized carbons (Fsp3) is 0.333. The lowest BCUT2D eigenvalue weighted by atomic mass is 9.94. The Morgan fingerprint density at radius 3 is 2.34 bits per heavy atom. The van der Waals surface area contributed by atoms with E-state index in [0.717, 1.165) is 29.5 Å². The summed E-state index contributed by atoms with van der Waals surface area (Å²) in [5.41, 5.74) is 3.55. The lowest BCUT2D eigenvalue weighted by molar-refractivity contribution is -0.139. The number of ether oxygens (including phenoxy) is 1. The van der Waals surface area contributed by atoms with Gasteiger partial charge in [0.1, 0.15) is 11.5 Å². The fourth-order valence-corrected chi connectivity index (χ4v) is 3.62. The molecule has 5 heteroatoms. The molecule has 2 aromatic carbocycles. The predicted octanol–water partition coefficient (Wildman–Crippen LogP) is 4.53. The van der Waals surface area contributed by atoms with E-state index < -0.39 is 17.7 Å². The minimum atomic E-state index is -0.641. The Bertz CT molecular complexity index is 959. The molecular weight excluding hydrogens is 366 g/mol. The van der Waals surface area contributed by atoms with Gasteiger partial charge in [-0.2, -0.15) is 0 Å². The van der Waals surface area contributed by atoms with E-state index in [1.165, 1.54) is 0 Å². The number of unbranched alkanes of at least 4 members (excludes halogenated alkanes) is 1. The number of aliphatic hydroxyl groups excluding tert-OH is 1. The molecule has 0 radical (unpaired) electrons. The van der Waals surface area contributed by atoms with Crippen LogP contribution in [-0.4, -0.2) is 35.4 Å². The molecule has 1 N–H and O–H groups in total. The highest BCUT2D eigenvalue weighted by Crippen LogP contribution is 2.40. The maximum Gasteiger partial charge on any atom is 0.295 e. The van der Waals surface area contributed by atoms with Crippen molar-refractivity contribution in [3.63, 3.8) is 0 Å². The van der Waals surface area contributed by atoms with E-state index in [9.17, 15) is 14.7 Å². The molecule has 5 nitrogen and oxygen atoms in total. The zero-order chi connectivity index (χ0) is 21.1. The van der Waals surface area contributed by atoms with E-state index in [0.29, 0.717) is 17.9 Å². The van der Waals surface area contributed by atoms with Gasteiger partial charge in [0, 0.05) is 12.1 Å². The van der Waals surface area contributed by atoms with Crippen LogP contribution in [0.5, 0.6) is 5.75 Å². The van der Waals surface area contributed by atoms with Gasteiger partial charge in [-0.05, 0) is 55.2 Å². The van der Waals surface area contributed by atoms with Crippen LogP contribution >= 0.6 is 0 Å². The first-order valence-corrected chi connectivity index (χ1v) is 9.89. The molecule has 1 saturated heterocycles. The number of aliphatic hydroxyl groups is 1. The largest absolute Gasteiger partial charge is 0.507 e. The molecule has 3 rings (SSSR count). The Morgan fingerprint density at radius 2 is 1.76 bits per heavy atom. The zero-order valence-electron chi connectivity index (χ0n) is 17.4. The van der Waals surface area contributed by atoms with E-state index in [1.54, 1.807) is 30.2 Å². The van der Waals surface area contributed by atoms with Crippen molar-refractivity contribution in [2.45, 2.75) is 39.7 Å². The molecule has 1 aliphatic rings. The molecule has 0 saturated carbocycles. The average molecular weight is 393 g/mol. The maximum atomic E-state index is 12.9. The molecule has 0 aliphatic carbocycles. The highest BCUT2D eigenvalue weighted by Gasteiger charge is 2.45. The second-order valence-corrected chi connectivity index (χ2v) is 7.42. The van der Waals surface area contributed by atoms with Crippen molar-refractivity contribution >= 4 is 17.4 Å². The van der Waals surface area contributed by atoms with E-state index in [4.69, 9.17) is 4.74 Å². The number of ketones is 1. The van der Waals surface area contributed by atoms with Gasteiger partial charge in [-0.3, -0.25) is 9.59 Å². The molecule has 0 spiro atoms. The summed E-state index contributed by atoms with van der Waals surface area (Å²) in [6.07, 6.45) is 1.68. The standard InChI is InChI=1S/C24H27NO4/c1-5-6-13-25-21(17-9-11-19(29-4)12-10-17)20(23(27)24(25)28)22(26)18-8-7-15(2)16(3)14-18/h7-12,14,21,26H,5-6,13H2,1-4H3/b22-20-. The molecule has 1 heterocycles. The number of Topliss-reactive ketones (excluding diaryl/α,β-unsaturated/α-hetero) is 1. The minimum absolute atomic E-state index is 0.133. The zero-order valence-corrected chi connectivity index (χ0v) is 17.4. The van der Waals surface area contributed by atoms with Crippen molar-refractivity contribution in [3.8, 4) is 5.75 Å². The fourth-order valence-electron chi connectivity index (χ4n) is 3.62. The second-order valence-electron chi connectivity index (χ2n) is 7.42. The predicted molar refractivity (Wildman–Crippen MR) is 113 cm³/mol. The van der Waals surface area contributed by atoms with Crippen molar-refractivity contribution in [1.29, 1.82) is 0 Å². The highest BCUT2D eigenvalue weighted by atomic mass is 16.5. The van der Waals surface area contributed by atoms with Crippen LogP contribution < -0.4 is 4.74 Å².